The van der Waals surface area contributed by atoms with E-state index in [2.05, 4.69) is 74.3 Å². The highest BCUT2D eigenvalue weighted by atomic mass is 79.9. The highest BCUT2D eigenvalue weighted by molar-refractivity contribution is 9.08. The van der Waals surface area contributed by atoms with Crippen molar-refractivity contribution in [2.45, 2.75) is 50.6 Å². The Morgan fingerprint density at radius 1 is 0.579 bits per heavy atom. The second-order valence-electron chi connectivity index (χ2n) is 9.74. The summed E-state index contributed by atoms with van der Waals surface area (Å²) in [7, 11) is 0. The molecule has 0 aliphatic carbocycles. The number of nitrogens with zero attached hydrogens (tertiary/aromatic N) is 4. The summed E-state index contributed by atoms with van der Waals surface area (Å²) < 4.78 is 0. The molecule has 2 aliphatic heterocycles. The van der Waals surface area contributed by atoms with Crippen LogP contribution in [-0.4, -0.2) is 36.0 Å². The molecule has 6 heteroatoms. The summed E-state index contributed by atoms with van der Waals surface area (Å²) >= 11 is 3.32. The van der Waals surface area contributed by atoms with Gasteiger partial charge in [-0.05, 0) is 98.4 Å². The molecule has 2 aliphatic rings. The van der Waals surface area contributed by atoms with E-state index in [1.807, 2.05) is 36.4 Å². The van der Waals surface area contributed by atoms with Crippen molar-refractivity contribution in [2.75, 3.05) is 26.2 Å². The van der Waals surface area contributed by atoms with E-state index >= 15 is 0 Å². The number of hydrogen-bond donors (Lipinski definition) is 1. The van der Waals surface area contributed by atoms with Crippen LogP contribution in [0.25, 0.3) is 0 Å². The number of benzene rings is 3. The molecule has 0 unspecified atom stereocenters. The predicted octanol–water partition coefficient (Wildman–Crippen LogP) is 6.35. The third-order valence-electron chi connectivity index (χ3n) is 6.79. The van der Waals surface area contributed by atoms with Gasteiger partial charge in [-0.25, -0.2) is 0 Å². The summed E-state index contributed by atoms with van der Waals surface area (Å²) in [5, 5.41) is 17.9. The Morgan fingerprint density at radius 2 is 0.921 bits per heavy atom. The fourth-order valence-electron chi connectivity index (χ4n) is 4.53. The molecule has 0 saturated carbocycles. The Bertz CT molecular complexity index is 1150. The molecule has 2 fully saturated rings. The monoisotopic (exact) mass is 571 g/mol. The van der Waals surface area contributed by atoms with Crippen LogP contribution in [0, 0.1) is 22.7 Å². The van der Waals surface area contributed by atoms with Gasteiger partial charge in [0.05, 0.1) is 23.3 Å². The molecule has 0 amide bonds. The lowest BCUT2D eigenvalue weighted by atomic mass is 10.1. The summed E-state index contributed by atoms with van der Waals surface area (Å²) in [6.07, 6.45) is 5.38. The molecule has 38 heavy (non-hydrogen) atoms. The van der Waals surface area contributed by atoms with Gasteiger partial charge < -0.3 is 5.73 Å². The summed E-state index contributed by atoms with van der Waals surface area (Å²) in [6.45, 7) is 7.75. The van der Waals surface area contributed by atoms with Crippen molar-refractivity contribution >= 4 is 15.9 Å². The predicted molar refractivity (Wildman–Crippen MR) is 158 cm³/mol. The van der Waals surface area contributed by atoms with Gasteiger partial charge in [0.1, 0.15) is 0 Å². The molecule has 2 N–H and O–H groups in total. The molecule has 0 aromatic heterocycles. The maximum atomic E-state index is 8.65. The molecule has 2 heterocycles. The lowest BCUT2D eigenvalue weighted by molar-refractivity contribution is 0.331. The molecule has 198 valence electrons. The van der Waals surface area contributed by atoms with E-state index in [0.29, 0.717) is 12.1 Å². The van der Waals surface area contributed by atoms with E-state index in [4.69, 9.17) is 16.3 Å². The Balaban J connectivity index is 0.000000161. The maximum Gasteiger partial charge on any atom is 0.0991 e. The summed E-state index contributed by atoms with van der Waals surface area (Å²) in [4.78, 5) is 4.97. The van der Waals surface area contributed by atoms with Gasteiger partial charge in [-0.3, -0.25) is 9.80 Å². The lowest BCUT2D eigenvalue weighted by Gasteiger charge is -2.14. The molecular weight excluding hydrogens is 534 g/mol. The van der Waals surface area contributed by atoms with Crippen LogP contribution in [0.2, 0.25) is 0 Å². The minimum atomic E-state index is 0.643. The van der Waals surface area contributed by atoms with Gasteiger partial charge in [-0.15, -0.1) is 0 Å². The zero-order chi connectivity index (χ0) is 27.0. The number of rotatable bonds is 6. The van der Waals surface area contributed by atoms with Gasteiger partial charge in [0.15, 0.2) is 0 Å². The van der Waals surface area contributed by atoms with Crippen molar-refractivity contribution in [3.8, 4) is 12.1 Å². The largest absolute Gasteiger partial charge is 0.326 e. The Morgan fingerprint density at radius 3 is 1.26 bits per heavy atom. The molecule has 0 atom stereocenters. The van der Waals surface area contributed by atoms with E-state index in [0.717, 1.165) is 24.0 Å². The van der Waals surface area contributed by atoms with Crippen molar-refractivity contribution in [1.82, 2.24) is 9.80 Å². The van der Waals surface area contributed by atoms with Crippen LogP contribution >= 0.6 is 15.9 Å². The molecule has 3 aromatic carbocycles. The van der Waals surface area contributed by atoms with Crippen LogP contribution < -0.4 is 5.73 Å². The normalized spacial score (nSPS) is 14.9. The minimum Gasteiger partial charge on any atom is -0.326 e. The van der Waals surface area contributed by atoms with E-state index in [1.165, 1.54) is 74.1 Å². The molecule has 0 radical (unpaired) electrons. The number of likely N-dealkylation sites (tertiary alicyclic amines) is 2. The van der Waals surface area contributed by atoms with Gasteiger partial charge in [0.2, 0.25) is 0 Å². The van der Waals surface area contributed by atoms with E-state index in [-0.39, 0.29) is 0 Å². The van der Waals surface area contributed by atoms with Gasteiger partial charge >= 0.3 is 0 Å². The summed E-state index contributed by atoms with van der Waals surface area (Å²) in [6, 6.07) is 28.2. The first-order valence-electron chi connectivity index (χ1n) is 13.4. The minimum absolute atomic E-state index is 0.643. The highest BCUT2D eigenvalue weighted by Crippen LogP contribution is 2.14. The van der Waals surface area contributed by atoms with E-state index < -0.39 is 0 Å². The van der Waals surface area contributed by atoms with Gasteiger partial charge in [0, 0.05) is 25.0 Å². The first-order chi connectivity index (χ1) is 18.6. The van der Waals surface area contributed by atoms with Crippen LogP contribution in [0.1, 0.15) is 59.1 Å². The first-order valence-corrected chi connectivity index (χ1v) is 14.5. The quantitative estimate of drug-likeness (QED) is 0.349. The zero-order valence-corrected chi connectivity index (χ0v) is 23.7. The topological polar surface area (TPSA) is 80.1 Å². The second kappa shape index (κ2) is 16.8. The third-order valence-corrected chi connectivity index (χ3v) is 7.44. The lowest BCUT2D eigenvalue weighted by Crippen LogP contribution is -2.18. The number of hydrogen-bond acceptors (Lipinski definition) is 5. The van der Waals surface area contributed by atoms with Crippen LogP contribution in [0.3, 0.4) is 0 Å². The number of nitrogens with two attached hydrogens (primary N) is 1. The molecule has 2 saturated heterocycles. The van der Waals surface area contributed by atoms with E-state index in [9.17, 15) is 0 Å². The average Bonchev–Trinajstić information content (AvgIpc) is 3.69. The van der Waals surface area contributed by atoms with Crippen LogP contribution in [-0.2, 0) is 25.0 Å². The zero-order valence-electron chi connectivity index (χ0n) is 22.2. The van der Waals surface area contributed by atoms with E-state index in [1.54, 1.807) is 0 Å². The Hall–Kier alpha value is -3.00. The van der Waals surface area contributed by atoms with Gasteiger partial charge in [-0.1, -0.05) is 64.5 Å². The first kappa shape index (κ1) is 29.6. The molecule has 3 aromatic rings. The van der Waals surface area contributed by atoms with Crippen LogP contribution in [0.15, 0.2) is 72.8 Å². The smallest absolute Gasteiger partial charge is 0.0991 e. The number of alkyl halides is 1. The molecular formula is C32H38BrN5. The Kier molecular flexibility index (Phi) is 13.0. The van der Waals surface area contributed by atoms with Crippen LogP contribution in [0.4, 0.5) is 0 Å². The second-order valence-corrected chi connectivity index (χ2v) is 10.3. The molecule has 0 bridgehead atoms. The highest BCUT2D eigenvalue weighted by Gasteiger charge is 2.12. The van der Waals surface area contributed by atoms with Crippen molar-refractivity contribution in [3.05, 3.63) is 106 Å². The SMILES string of the molecule is N#Cc1ccc(CBr)cc1.N#Cc1ccc(CN2CCCC2)cc1.NCc1ccc(CN2CCCC2)cc1. The molecule has 5 nitrogen and oxygen atoms in total. The van der Waals surface area contributed by atoms with Crippen molar-refractivity contribution in [1.29, 1.82) is 10.5 Å². The summed E-state index contributed by atoms with van der Waals surface area (Å²) in [5.41, 5.74) is 12.1. The average molecular weight is 573 g/mol. The number of halogens is 1. The summed E-state index contributed by atoms with van der Waals surface area (Å²) in [5.74, 6) is 0. The third kappa shape index (κ3) is 10.4. The molecule has 0 spiro atoms. The van der Waals surface area contributed by atoms with Crippen molar-refractivity contribution in [2.24, 2.45) is 5.73 Å². The standard InChI is InChI=1S/C12H18N2.C12H14N2.C8H6BrN/c2*13-9-11-3-5-12(6-4-11)10-14-7-1-2-8-14;9-5-7-1-3-8(6-10)4-2-7/h3-6H,1-2,7-10,13H2;3-6H,1-2,7-8,10H2;1-4H,5H2. The van der Waals surface area contributed by atoms with Crippen molar-refractivity contribution < 1.29 is 0 Å². The fourth-order valence-corrected chi connectivity index (χ4v) is 4.91. The Labute approximate surface area is 236 Å². The number of nitriles is 2. The van der Waals surface area contributed by atoms with Gasteiger partial charge in [-0.2, -0.15) is 10.5 Å². The molecule has 5 rings (SSSR count). The fraction of sp³-hybridized carbons (Fsp3) is 0.375. The van der Waals surface area contributed by atoms with Gasteiger partial charge in [0.25, 0.3) is 0 Å². The van der Waals surface area contributed by atoms with Crippen molar-refractivity contribution in [3.63, 3.8) is 0 Å². The maximum absolute atomic E-state index is 8.65. The van der Waals surface area contributed by atoms with Crippen LogP contribution in [0.5, 0.6) is 0 Å².